The summed E-state index contributed by atoms with van der Waals surface area (Å²) < 4.78 is 42.9. The summed E-state index contributed by atoms with van der Waals surface area (Å²) in [6.07, 6.45) is -3.06. The van der Waals surface area contributed by atoms with E-state index in [1.54, 1.807) is 6.92 Å². The second-order valence-electron chi connectivity index (χ2n) is 5.43. The van der Waals surface area contributed by atoms with Gasteiger partial charge in [0.05, 0.1) is 19.7 Å². The summed E-state index contributed by atoms with van der Waals surface area (Å²) in [5.41, 5.74) is 0. The number of carbonyl (C=O) groups is 1. The van der Waals surface area contributed by atoms with Gasteiger partial charge in [-0.2, -0.15) is 13.2 Å². The molecule has 2 N–H and O–H groups in total. The molecule has 1 saturated heterocycles. The Balaban J connectivity index is 2.57. The van der Waals surface area contributed by atoms with Crippen molar-refractivity contribution < 1.29 is 22.7 Å². The molecule has 1 aliphatic heterocycles. The van der Waals surface area contributed by atoms with Crippen molar-refractivity contribution in [3.63, 3.8) is 0 Å². The predicted octanol–water partition coefficient (Wildman–Crippen LogP) is 0.754. The predicted molar refractivity (Wildman–Crippen MR) is 73.0 cm³/mol. The van der Waals surface area contributed by atoms with E-state index in [0.29, 0.717) is 32.5 Å². The molecule has 1 amide bonds. The zero-order valence-electron chi connectivity index (χ0n) is 12.5. The van der Waals surface area contributed by atoms with E-state index < -0.39 is 18.6 Å². The molecule has 0 aromatic heterocycles. The maximum atomic E-state index is 12.7. The third kappa shape index (κ3) is 7.63. The fourth-order valence-corrected chi connectivity index (χ4v) is 2.51. The van der Waals surface area contributed by atoms with Crippen LogP contribution in [0.15, 0.2) is 0 Å². The number of alkyl halides is 3. The van der Waals surface area contributed by atoms with E-state index >= 15 is 0 Å². The fraction of sp³-hybridized carbons (Fsp3) is 0.923. The summed E-state index contributed by atoms with van der Waals surface area (Å²) in [4.78, 5) is 13.1. The molecular formula is C13H24F3N3O2. The van der Waals surface area contributed by atoms with Gasteiger partial charge in [0.2, 0.25) is 5.91 Å². The average molecular weight is 311 g/mol. The summed E-state index contributed by atoms with van der Waals surface area (Å²) in [7, 11) is 1.51. The molecule has 0 aliphatic carbocycles. The maximum Gasteiger partial charge on any atom is 0.401 e. The smallest absolute Gasteiger partial charge is 0.383 e. The highest BCUT2D eigenvalue weighted by molar-refractivity contribution is 5.78. The lowest BCUT2D eigenvalue weighted by Gasteiger charge is -2.34. The quantitative estimate of drug-likeness (QED) is 0.729. The summed E-state index contributed by atoms with van der Waals surface area (Å²) in [5, 5.41) is 5.76. The van der Waals surface area contributed by atoms with Crippen LogP contribution in [0.25, 0.3) is 0 Å². The molecule has 0 bridgehead atoms. The lowest BCUT2D eigenvalue weighted by molar-refractivity contribution is -0.154. The van der Waals surface area contributed by atoms with Crippen molar-refractivity contribution in [3.8, 4) is 0 Å². The molecule has 0 saturated carbocycles. The van der Waals surface area contributed by atoms with Crippen LogP contribution in [0.3, 0.4) is 0 Å². The number of halogens is 3. The number of piperidine rings is 1. The molecule has 1 aliphatic rings. The van der Waals surface area contributed by atoms with E-state index in [4.69, 9.17) is 4.74 Å². The van der Waals surface area contributed by atoms with Gasteiger partial charge in [-0.05, 0) is 32.9 Å². The minimum atomic E-state index is -4.30. The van der Waals surface area contributed by atoms with Crippen molar-refractivity contribution in [2.24, 2.45) is 0 Å². The number of ether oxygens (including phenoxy) is 1. The normalized spacial score (nSPS) is 18.8. The van der Waals surface area contributed by atoms with Crippen LogP contribution in [0.5, 0.6) is 0 Å². The molecule has 0 radical (unpaired) electrons. The maximum absolute atomic E-state index is 12.7. The van der Waals surface area contributed by atoms with E-state index in [2.05, 4.69) is 10.6 Å². The van der Waals surface area contributed by atoms with Crippen LogP contribution in [-0.2, 0) is 9.53 Å². The molecule has 1 fully saturated rings. The van der Waals surface area contributed by atoms with Gasteiger partial charge in [-0.1, -0.05) is 0 Å². The standard InChI is InChI=1S/C13H24F3N3O2/c1-10(8-21-2)18-12(20)7-19(9-13(14,15)16)11-3-5-17-6-4-11/h10-11,17H,3-9H2,1-2H3,(H,18,20). The van der Waals surface area contributed by atoms with Crippen LogP contribution in [0.1, 0.15) is 19.8 Å². The summed E-state index contributed by atoms with van der Waals surface area (Å²) in [6.45, 7) is 2.15. The largest absolute Gasteiger partial charge is 0.401 e. The number of rotatable bonds is 7. The first-order valence-electron chi connectivity index (χ1n) is 7.11. The van der Waals surface area contributed by atoms with Gasteiger partial charge in [0, 0.05) is 19.2 Å². The van der Waals surface area contributed by atoms with Gasteiger partial charge in [-0.25, -0.2) is 0 Å². The van der Waals surface area contributed by atoms with Gasteiger partial charge in [0.15, 0.2) is 0 Å². The van der Waals surface area contributed by atoms with Crippen molar-refractivity contribution in [2.75, 3.05) is 39.9 Å². The van der Waals surface area contributed by atoms with Gasteiger partial charge in [-0.3, -0.25) is 9.69 Å². The molecule has 0 spiro atoms. The van der Waals surface area contributed by atoms with Crippen molar-refractivity contribution in [1.82, 2.24) is 15.5 Å². The molecule has 8 heteroatoms. The third-order valence-electron chi connectivity index (χ3n) is 3.38. The minimum absolute atomic E-state index is 0.212. The number of nitrogens with one attached hydrogen (secondary N) is 2. The molecule has 1 rings (SSSR count). The highest BCUT2D eigenvalue weighted by Gasteiger charge is 2.35. The number of methoxy groups -OCH3 is 1. The molecule has 1 atom stereocenters. The third-order valence-corrected chi connectivity index (χ3v) is 3.38. The summed E-state index contributed by atoms with van der Waals surface area (Å²) in [6, 6.07) is -0.431. The monoisotopic (exact) mass is 311 g/mol. The van der Waals surface area contributed by atoms with Crippen LogP contribution in [0.4, 0.5) is 13.2 Å². The van der Waals surface area contributed by atoms with E-state index in [0.717, 1.165) is 0 Å². The van der Waals surface area contributed by atoms with Gasteiger partial charge in [-0.15, -0.1) is 0 Å². The van der Waals surface area contributed by atoms with Crippen LogP contribution in [0, 0.1) is 0 Å². The number of nitrogens with zero attached hydrogens (tertiary/aromatic N) is 1. The fourth-order valence-electron chi connectivity index (χ4n) is 2.51. The molecule has 124 valence electrons. The molecular weight excluding hydrogens is 287 g/mol. The lowest BCUT2D eigenvalue weighted by atomic mass is 10.0. The highest BCUT2D eigenvalue weighted by atomic mass is 19.4. The Hall–Kier alpha value is -0.860. The summed E-state index contributed by atoms with van der Waals surface area (Å²) >= 11 is 0. The second kappa shape index (κ2) is 8.55. The Labute approximate surface area is 123 Å². The van der Waals surface area contributed by atoms with Crippen LogP contribution in [0.2, 0.25) is 0 Å². The van der Waals surface area contributed by atoms with E-state index in [-0.39, 0.29) is 18.6 Å². The average Bonchev–Trinajstić information content (AvgIpc) is 2.37. The number of amides is 1. The van der Waals surface area contributed by atoms with Crippen molar-refractivity contribution in [2.45, 2.75) is 38.0 Å². The van der Waals surface area contributed by atoms with E-state index in [9.17, 15) is 18.0 Å². The summed E-state index contributed by atoms with van der Waals surface area (Å²) in [5.74, 6) is -0.401. The van der Waals surface area contributed by atoms with Crippen molar-refractivity contribution in [1.29, 1.82) is 0 Å². The van der Waals surface area contributed by atoms with E-state index in [1.165, 1.54) is 12.0 Å². The first kappa shape index (κ1) is 18.2. The topological polar surface area (TPSA) is 53.6 Å². The zero-order chi connectivity index (χ0) is 15.9. The molecule has 1 heterocycles. The Morgan fingerprint density at radius 2 is 2.05 bits per heavy atom. The van der Waals surface area contributed by atoms with Gasteiger partial charge >= 0.3 is 6.18 Å². The number of hydrogen-bond acceptors (Lipinski definition) is 4. The number of hydrogen-bond donors (Lipinski definition) is 2. The molecule has 0 aromatic rings. The minimum Gasteiger partial charge on any atom is -0.383 e. The highest BCUT2D eigenvalue weighted by Crippen LogP contribution is 2.21. The van der Waals surface area contributed by atoms with E-state index in [1.807, 2.05) is 0 Å². The van der Waals surface area contributed by atoms with Gasteiger partial charge < -0.3 is 15.4 Å². The van der Waals surface area contributed by atoms with Crippen LogP contribution in [-0.4, -0.2) is 69.0 Å². The molecule has 5 nitrogen and oxygen atoms in total. The Kier molecular flexibility index (Phi) is 7.41. The first-order chi connectivity index (χ1) is 9.81. The Bertz CT molecular complexity index is 320. The van der Waals surface area contributed by atoms with Crippen molar-refractivity contribution >= 4 is 5.91 Å². The first-order valence-corrected chi connectivity index (χ1v) is 7.11. The molecule has 21 heavy (non-hydrogen) atoms. The van der Waals surface area contributed by atoms with Crippen LogP contribution < -0.4 is 10.6 Å². The van der Waals surface area contributed by atoms with Crippen LogP contribution >= 0.6 is 0 Å². The molecule has 1 unspecified atom stereocenters. The second-order valence-corrected chi connectivity index (χ2v) is 5.43. The zero-order valence-corrected chi connectivity index (χ0v) is 12.5. The number of carbonyl (C=O) groups excluding carboxylic acids is 1. The van der Waals surface area contributed by atoms with Gasteiger partial charge in [0.25, 0.3) is 0 Å². The Morgan fingerprint density at radius 3 is 2.57 bits per heavy atom. The Morgan fingerprint density at radius 1 is 1.43 bits per heavy atom. The molecule has 0 aromatic carbocycles. The van der Waals surface area contributed by atoms with Gasteiger partial charge in [0.1, 0.15) is 0 Å². The SMILES string of the molecule is COCC(C)NC(=O)CN(CC(F)(F)F)C1CCNCC1. The van der Waals surface area contributed by atoms with Crippen molar-refractivity contribution in [3.05, 3.63) is 0 Å². The lowest BCUT2D eigenvalue weighted by Crippen LogP contribution is -2.51.